The molecular formula is C11H15N3O3S. The molecule has 0 heterocycles. The SMILES string of the molecule is COc1cc(N)ccc1SCC(=O)NNC(C)=O. The predicted octanol–water partition coefficient (Wildman–Crippen LogP) is 0.537. The van der Waals surface area contributed by atoms with E-state index in [1.54, 1.807) is 18.2 Å². The maximum absolute atomic E-state index is 11.4. The Morgan fingerprint density at radius 1 is 1.39 bits per heavy atom. The Kier molecular flexibility index (Phi) is 5.31. The molecule has 1 rings (SSSR count). The zero-order valence-electron chi connectivity index (χ0n) is 10.1. The van der Waals surface area contributed by atoms with Gasteiger partial charge < -0.3 is 10.5 Å². The normalized spacial score (nSPS) is 9.67. The summed E-state index contributed by atoms with van der Waals surface area (Å²) >= 11 is 1.30. The lowest BCUT2D eigenvalue weighted by atomic mass is 10.3. The Balaban J connectivity index is 2.52. The number of carbonyl (C=O) groups is 2. The van der Waals surface area contributed by atoms with E-state index in [2.05, 4.69) is 10.9 Å². The Hall–Kier alpha value is -1.89. The second kappa shape index (κ2) is 6.75. The number of rotatable bonds is 4. The van der Waals surface area contributed by atoms with Crippen molar-refractivity contribution in [1.29, 1.82) is 0 Å². The largest absolute Gasteiger partial charge is 0.496 e. The van der Waals surface area contributed by atoms with E-state index in [1.165, 1.54) is 25.8 Å². The number of nitrogen functional groups attached to an aromatic ring is 1. The molecule has 0 aliphatic carbocycles. The average Bonchev–Trinajstić information content (AvgIpc) is 2.34. The van der Waals surface area contributed by atoms with Crippen LogP contribution in [-0.2, 0) is 9.59 Å². The van der Waals surface area contributed by atoms with Gasteiger partial charge in [-0.3, -0.25) is 20.4 Å². The van der Waals surface area contributed by atoms with Crippen molar-refractivity contribution in [3.8, 4) is 5.75 Å². The number of carbonyl (C=O) groups excluding carboxylic acids is 2. The maximum atomic E-state index is 11.4. The number of nitrogens with two attached hydrogens (primary N) is 1. The summed E-state index contributed by atoms with van der Waals surface area (Å²) < 4.78 is 5.15. The van der Waals surface area contributed by atoms with Gasteiger partial charge in [0.1, 0.15) is 5.75 Å². The Bertz CT molecular complexity index is 451. The van der Waals surface area contributed by atoms with Crippen molar-refractivity contribution in [2.75, 3.05) is 18.6 Å². The fourth-order valence-corrected chi connectivity index (χ4v) is 1.95. The highest BCUT2D eigenvalue weighted by molar-refractivity contribution is 8.00. The first kappa shape index (κ1) is 14.2. The Morgan fingerprint density at radius 3 is 2.72 bits per heavy atom. The van der Waals surface area contributed by atoms with Crippen LogP contribution in [-0.4, -0.2) is 24.7 Å². The number of anilines is 1. The average molecular weight is 269 g/mol. The summed E-state index contributed by atoms with van der Waals surface area (Å²) in [7, 11) is 1.54. The van der Waals surface area contributed by atoms with Crippen LogP contribution < -0.4 is 21.3 Å². The van der Waals surface area contributed by atoms with E-state index < -0.39 is 0 Å². The molecule has 6 nitrogen and oxygen atoms in total. The van der Waals surface area contributed by atoms with Gasteiger partial charge in [0.05, 0.1) is 12.9 Å². The van der Waals surface area contributed by atoms with E-state index in [1.807, 2.05) is 0 Å². The second-order valence-electron chi connectivity index (χ2n) is 3.43. The highest BCUT2D eigenvalue weighted by Gasteiger charge is 2.07. The summed E-state index contributed by atoms with van der Waals surface area (Å²) in [6.07, 6.45) is 0. The first-order valence-electron chi connectivity index (χ1n) is 5.14. The van der Waals surface area contributed by atoms with Crippen molar-refractivity contribution in [3.05, 3.63) is 18.2 Å². The second-order valence-corrected chi connectivity index (χ2v) is 4.45. The summed E-state index contributed by atoms with van der Waals surface area (Å²) in [4.78, 5) is 22.8. The number of methoxy groups -OCH3 is 1. The molecule has 0 unspecified atom stereocenters. The number of hydrogen-bond acceptors (Lipinski definition) is 5. The quantitative estimate of drug-likeness (QED) is 0.421. The van der Waals surface area contributed by atoms with Crippen LogP contribution in [0.25, 0.3) is 0 Å². The number of benzene rings is 1. The van der Waals surface area contributed by atoms with Crippen LogP contribution in [0.1, 0.15) is 6.92 Å². The lowest BCUT2D eigenvalue weighted by Crippen LogP contribution is -2.41. The van der Waals surface area contributed by atoms with Gasteiger partial charge >= 0.3 is 0 Å². The van der Waals surface area contributed by atoms with Gasteiger partial charge in [0, 0.05) is 23.6 Å². The van der Waals surface area contributed by atoms with Gasteiger partial charge in [0.15, 0.2) is 0 Å². The Labute approximate surface area is 109 Å². The molecule has 4 N–H and O–H groups in total. The van der Waals surface area contributed by atoms with Crippen LogP contribution in [0.5, 0.6) is 5.75 Å². The molecule has 18 heavy (non-hydrogen) atoms. The van der Waals surface area contributed by atoms with Crippen LogP contribution >= 0.6 is 11.8 Å². The highest BCUT2D eigenvalue weighted by atomic mass is 32.2. The molecule has 0 aliphatic heterocycles. The summed E-state index contributed by atoms with van der Waals surface area (Å²) in [6, 6.07) is 5.20. The predicted molar refractivity (Wildman–Crippen MR) is 70.1 cm³/mol. The van der Waals surface area contributed by atoms with Crippen LogP contribution in [0.4, 0.5) is 5.69 Å². The van der Waals surface area contributed by atoms with Gasteiger partial charge in [-0.25, -0.2) is 0 Å². The number of hydrogen-bond donors (Lipinski definition) is 3. The fourth-order valence-electron chi connectivity index (χ4n) is 1.14. The zero-order chi connectivity index (χ0) is 13.5. The van der Waals surface area contributed by atoms with Gasteiger partial charge in [0.25, 0.3) is 0 Å². The Morgan fingerprint density at radius 2 is 2.11 bits per heavy atom. The minimum atomic E-state index is -0.321. The maximum Gasteiger partial charge on any atom is 0.248 e. The smallest absolute Gasteiger partial charge is 0.248 e. The molecule has 2 amide bonds. The summed E-state index contributed by atoms with van der Waals surface area (Å²) in [6.45, 7) is 1.32. The van der Waals surface area contributed by atoms with Gasteiger partial charge in [-0.1, -0.05) is 0 Å². The number of thioether (sulfide) groups is 1. The van der Waals surface area contributed by atoms with Crippen LogP contribution in [0.3, 0.4) is 0 Å². The number of hydrazine groups is 1. The first-order chi connectivity index (χ1) is 8.52. The third-order valence-corrected chi connectivity index (χ3v) is 2.98. The molecule has 0 saturated carbocycles. The minimum absolute atomic E-state index is 0.167. The molecule has 0 atom stereocenters. The molecule has 1 aromatic carbocycles. The monoisotopic (exact) mass is 269 g/mol. The van der Waals surface area contributed by atoms with Crippen molar-refractivity contribution in [2.24, 2.45) is 0 Å². The minimum Gasteiger partial charge on any atom is -0.496 e. The summed E-state index contributed by atoms with van der Waals surface area (Å²) in [5.41, 5.74) is 10.7. The standard InChI is InChI=1S/C11H15N3O3S/c1-7(15)13-14-11(16)6-18-10-4-3-8(12)5-9(10)17-2/h3-5H,6,12H2,1-2H3,(H,13,15)(H,14,16). The van der Waals surface area contributed by atoms with E-state index in [4.69, 9.17) is 10.5 Å². The molecule has 0 bridgehead atoms. The molecule has 0 aliphatic rings. The van der Waals surface area contributed by atoms with Gasteiger partial charge in [-0.2, -0.15) is 0 Å². The van der Waals surface area contributed by atoms with Crippen molar-refractivity contribution in [1.82, 2.24) is 10.9 Å². The van der Waals surface area contributed by atoms with Crippen molar-refractivity contribution in [3.63, 3.8) is 0 Å². The molecule has 0 spiro atoms. The van der Waals surface area contributed by atoms with Crippen LogP contribution in [0.15, 0.2) is 23.1 Å². The summed E-state index contributed by atoms with van der Waals surface area (Å²) in [5, 5.41) is 0. The molecule has 1 aromatic rings. The summed E-state index contributed by atoms with van der Waals surface area (Å²) in [5.74, 6) is 0.167. The molecule has 0 radical (unpaired) electrons. The molecule has 98 valence electrons. The lowest BCUT2D eigenvalue weighted by Gasteiger charge is -2.09. The van der Waals surface area contributed by atoms with E-state index in [-0.39, 0.29) is 17.6 Å². The molecule has 7 heteroatoms. The highest BCUT2D eigenvalue weighted by Crippen LogP contribution is 2.30. The fraction of sp³-hybridized carbons (Fsp3) is 0.273. The van der Waals surface area contributed by atoms with Gasteiger partial charge in [0.2, 0.25) is 11.8 Å². The molecule has 0 saturated heterocycles. The zero-order valence-corrected chi connectivity index (χ0v) is 11.0. The van der Waals surface area contributed by atoms with Gasteiger partial charge in [-0.05, 0) is 12.1 Å². The van der Waals surface area contributed by atoms with Crippen molar-refractivity contribution >= 4 is 29.3 Å². The molecular weight excluding hydrogens is 254 g/mol. The van der Waals surface area contributed by atoms with E-state index in [9.17, 15) is 9.59 Å². The van der Waals surface area contributed by atoms with E-state index in [0.29, 0.717) is 11.4 Å². The molecule has 0 fully saturated rings. The van der Waals surface area contributed by atoms with Gasteiger partial charge in [-0.15, -0.1) is 11.8 Å². The van der Waals surface area contributed by atoms with Crippen molar-refractivity contribution < 1.29 is 14.3 Å². The van der Waals surface area contributed by atoms with Crippen LogP contribution in [0.2, 0.25) is 0 Å². The third-order valence-electron chi connectivity index (χ3n) is 1.92. The topological polar surface area (TPSA) is 93.4 Å². The van der Waals surface area contributed by atoms with E-state index >= 15 is 0 Å². The molecule has 0 aromatic heterocycles. The van der Waals surface area contributed by atoms with E-state index in [0.717, 1.165) is 4.90 Å². The van der Waals surface area contributed by atoms with Crippen molar-refractivity contribution in [2.45, 2.75) is 11.8 Å². The first-order valence-corrected chi connectivity index (χ1v) is 6.13. The third kappa shape index (κ3) is 4.54. The van der Waals surface area contributed by atoms with Crippen LogP contribution in [0, 0.1) is 0 Å². The lowest BCUT2D eigenvalue weighted by molar-refractivity contribution is -0.126. The number of nitrogens with one attached hydrogen (secondary N) is 2. The number of ether oxygens (including phenoxy) is 1. The number of amides is 2.